The number of benzene rings is 2. The molecule has 7 heteroatoms. The molecule has 6 nitrogen and oxygen atoms in total. The zero-order valence-electron chi connectivity index (χ0n) is 17.1. The summed E-state index contributed by atoms with van der Waals surface area (Å²) in [5, 5.41) is 8.71. The molecule has 4 aromatic rings. The van der Waals surface area contributed by atoms with Crippen LogP contribution in [0, 0.1) is 6.92 Å². The summed E-state index contributed by atoms with van der Waals surface area (Å²) in [5.74, 6) is 2.34. The molecule has 4 rings (SSSR count). The number of anilines is 1. The van der Waals surface area contributed by atoms with Gasteiger partial charge in [0.05, 0.1) is 20.4 Å². The van der Waals surface area contributed by atoms with Gasteiger partial charge in [0, 0.05) is 34.5 Å². The molecular formula is C23H23ClN4O2. The third kappa shape index (κ3) is 3.91. The van der Waals surface area contributed by atoms with E-state index in [9.17, 15) is 0 Å². The largest absolute Gasteiger partial charge is 0.493 e. The normalized spacial score (nSPS) is 10.9. The Bertz CT molecular complexity index is 1190. The summed E-state index contributed by atoms with van der Waals surface area (Å²) in [7, 11) is 3.28. The van der Waals surface area contributed by atoms with Crippen LogP contribution < -0.4 is 14.8 Å². The number of nitrogens with zero attached hydrogens (tertiary/aromatic N) is 3. The van der Waals surface area contributed by atoms with Crippen molar-refractivity contribution in [3.05, 3.63) is 71.0 Å². The van der Waals surface area contributed by atoms with E-state index in [1.54, 1.807) is 14.2 Å². The molecule has 154 valence electrons. The van der Waals surface area contributed by atoms with Crippen LogP contribution in [0.25, 0.3) is 16.8 Å². The molecule has 0 spiro atoms. The van der Waals surface area contributed by atoms with E-state index in [0.717, 1.165) is 58.3 Å². The second kappa shape index (κ2) is 8.63. The SMILES string of the molecule is COc1ccc(CCNc2cc(C)nc3c(-c4ccccc4Cl)cnn23)cc1OC. The Hall–Kier alpha value is -3.25. The van der Waals surface area contributed by atoms with Crippen molar-refractivity contribution >= 4 is 23.1 Å². The van der Waals surface area contributed by atoms with Gasteiger partial charge in [0.15, 0.2) is 17.1 Å². The van der Waals surface area contributed by atoms with Crippen molar-refractivity contribution in [1.29, 1.82) is 0 Å². The van der Waals surface area contributed by atoms with Gasteiger partial charge < -0.3 is 14.8 Å². The van der Waals surface area contributed by atoms with Crippen molar-refractivity contribution in [2.75, 3.05) is 26.1 Å². The molecule has 0 atom stereocenters. The molecule has 0 fully saturated rings. The third-order valence-electron chi connectivity index (χ3n) is 4.93. The summed E-state index contributed by atoms with van der Waals surface area (Å²) in [6, 6.07) is 15.7. The number of ether oxygens (including phenoxy) is 2. The van der Waals surface area contributed by atoms with Crippen LogP contribution in [0.5, 0.6) is 11.5 Å². The molecule has 0 saturated heterocycles. The summed E-state index contributed by atoms with van der Waals surface area (Å²) in [6.07, 6.45) is 2.63. The standard InChI is InChI=1S/C23H23ClN4O2/c1-15-12-22(25-11-10-16-8-9-20(29-2)21(13-16)30-3)28-23(27-15)18(14-26-28)17-6-4-5-7-19(17)24/h4-9,12-14,25H,10-11H2,1-3H3. The number of hydrogen-bond acceptors (Lipinski definition) is 5. The van der Waals surface area contributed by atoms with Gasteiger partial charge in [0.2, 0.25) is 0 Å². The molecule has 0 aliphatic heterocycles. The minimum atomic E-state index is 0.679. The first-order valence-electron chi connectivity index (χ1n) is 9.65. The van der Waals surface area contributed by atoms with Crippen LogP contribution in [0.15, 0.2) is 54.7 Å². The number of nitrogens with one attached hydrogen (secondary N) is 1. The quantitative estimate of drug-likeness (QED) is 0.452. The van der Waals surface area contributed by atoms with Gasteiger partial charge in [-0.3, -0.25) is 0 Å². The average molecular weight is 423 g/mol. The Morgan fingerprint density at radius 3 is 2.57 bits per heavy atom. The molecule has 0 bridgehead atoms. The van der Waals surface area contributed by atoms with E-state index in [0.29, 0.717) is 5.02 Å². The lowest BCUT2D eigenvalue weighted by Crippen LogP contribution is -2.10. The number of methoxy groups -OCH3 is 2. The van der Waals surface area contributed by atoms with Gasteiger partial charge in [-0.15, -0.1) is 0 Å². The predicted molar refractivity (Wildman–Crippen MR) is 120 cm³/mol. The number of rotatable bonds is 7. The first-order valence-corrected chi connectivity index (χ1v) is 10.0. The van der Waals surface area contributed by atoms with E-state index in [4.69, 9.17) is 26.1 Å². The Morgan fingerprint density at radius 2 is 1.80 bits per heavy atom. The van der Waals surface area contributed by atoms with E-state index in [1.807, 2.05) is 66.2 Å². The van der Waals surface area contributed by atoms with Crippen LogP contribution in [0.3, 0.4) is 0 Å². The predicted octanol–water partition coefficient (Wildman–Crippen LogP) is 5.03. The zero-order valence-corrected chi connectivity index (χ0v) is 17.9. The zero-order chi connectivity index (χ0) is 21.1. The van der Waals surface area contributed by atoms with Gasteiger partial charge in [-0.2, -0.15) is 9.61 Å². The van der Waals surface area contributed by atoms with Gasteiger partial charge in [0.25, 0.3) is 0 Å². The monoisotopic (exact) mass is 422 g/mol. The highest BCUT2D eigenvalue weighted by Crippen LogP contribution is 2.31. The van der Waals surface area contributed by atoms with Crippen LogP contribution >= 0.6 is 11.6 Å². The maximum Gasteiger partial charge on any atom is 0.165 e. The fraction of sp³-hybridized carbons (Fsp3) is 0.217. The van der Waals surface area contributed by atoms with Crippen molar-refractivity contribution in [3.8, 4) is 22.6 Å². The first kappa shape index (κ1) is 20.0. The van der Waals surface area contributed by atoms with E-state index in [1.165, 1.54) is 0 Å². The first-order chi connectivity index (χ1) is 14.6. The third-order valence-corrected chi connectivity index (χ3v) is 5.26. The van der Waals surface area contributed by atoms with E-state index < -0.39 is 0 Å². The number of hydrogen-bond donors (Lipinski definition) is 1. The minimum absolute atomic E-state index is 0.679. The van der Waals surface area contributed by atoms with Gasteiger partial charge in [0.1, 0.15) is 5.82 Å². The van der Waals surface area contributed by atoms with Crippen molar-refractivity contribution in [1.82, 2.24) is 14.6 Å². The molecular weight excluding hydrogens is 400 g/mol. The molecule has 30 heavy (non-hydrogen) atoms. The molecule has 1 N–H and O–H groups in total. The number of aryl methyl sites for hydroxylation is 1. The summed E-state index contributed by atoms with van der Waals surface area (Å²) in [4.78, 5) is 4.69. The summed E-state index contributed by atoms with van der Waals surface area (Å²) in [6.45, 7) is 2.71. The van der Waals surface area contributed by atoms with Crippen LogP contribution in [-0.4, -0.2) is 35.4 Å². The molecule has 2 heterocycles. The lowest BCUT2D eigenvalue weighted by molar-refractivity contribution is 0.354. The van der Waals surface area contributed by atoms with Crippen molar-refractivity contribution in [3.63, 3.8) is 0 Å². The summed E-state index contributed by atoms with van der Waals surface area (Å²) >= 11 is 6.39. The molecule has 0 unspecified atom stereocenters. The smallest absolute Gasteiger partial charge is 0.165 e. The van der Waals surface area contributed by atoms with Crippen LogP contribution in [-0.2, 0) is 6.42 Å². The fourth-order valence-corrected chi connectivity index (χ4v) is 3.69. The molecule has 0 amide bonds. The van der Waals surface area contributed by atoms with Crippen LogP contribution in [0.4, 0.5) is 5.82 Å². The lowest BCUT2D eigenvalue weighted by Gasteiger charge is -2.12. The average Bonchev–Trinajstić information content (AvgIpc) is 3.17. The molecule has 0 saturated carbocycles. The molecule has 2 aromatic heterocycles. The van der Waals surface area contributed by atoms with Gasteiger partial charge in [-0.25, -0.2) is 4.98 Å². The Morgan fingerprint density at radius 1 is 1.00 bits per heavy atom. The highest BCUT2D eigenvalue weighted by atomic mass is 35.5. The second-order valence-corrected chi connectivity index (χ2v) is 7.33. The molecule has 0 radical (unpaired) electrons. The van der Waals surface area contributed by atoms with Crippen molar-refractivity contribution in [2.45, 2.75) is 13.3 Å². The topological polar surface area (TPSA) is 60.7 Å². The van der Waals surface area contributed by atoms with E-state index in [-0.39, 0.29) is 0 Å². The second-order valence-electron chi connectivity index (χ2n) is 6.92. The Kier molecular flexibility index (Phi) is 5.77. The van der Waals surface area contributed by atoms with Gasteiger partial charge in [-0.1, -0.05) is 35.9 Å². The summed E-state index contributed by atoms with van der Waals surface area (Å²) < 4.78 is 12.5. The highest BCUT2D eigenvalue weighted by Gasteiger charge is 2.14. The highest BCUT2D eigenvalue weighted by molar-refractivity contribution is 6.33. The van der Waals surface area contributed by atoms with Gasteiger partial charge >= 0.3 is 0 Å². The minimum Gasteiger partial charge on any atom is -0.493 e. The van der Waals surface area contributed by atoms with Gasteiger partial charge in [-0.05, 0) is 37.1 Å². The number of halogens is 1. The van der Waals surface area contributed by atoms with Crippen LogP contribution in [0.1, 0.15) is 11.3 Å². The maximum absolute atomic E-state index is 6.39. The fourth-order valence-electron chi connectivity index (χ4n) is 3.45. The molecule has 0 aliphatic rings. The number of aromatic nitrogens is 3. The lowest BCUT2D eigenvalue weighted by atomic mass is 10.1. The van der Waals surface area contributed by atoms with Crippen LogP contribution in [0.2, 0.25) is 5.02 Å². The van der Waals surface area contributed by atoms with Crippen molar-refractivity contribution in [2.24, 2.45) is 0 Å². The molecule has 2 aromatic carbocycles. The van der Waals surface area contributed by atoms with E-state index in [2.05, 4.69) is 10.4 Å². The maximum atomic E-state index is 6.39. The number of fused-ring (bicyclic) bond motifs is 1. The van der Waals surface area contributed by atoms with E-state index >= 15 is 0 Å². The molecule has 0 aliphatic carbocycles. The Balaban J connectivity index is 1.57. The summed E-state index contributed by atoms with van der Waals surface area (Å²) in [5.41, 5.74) is 4.66. The van der Waals surface area contributed by atoms with Crippen molar-refractivity contribution < 1.29 is 9.47 Å². The Labute approximate surface area is 180 Å².